The summed E-state index contributed by atoms with van der Waals surface area (Å²) in [5.74, 6) is 0.825. The largest absolute Gasteiger partial charge is 0.494 e. The normalized spacial score (nSPS) is 20.6. The zero-order valence-electron chi connectivity index (χ0n) is 16.1. The van der Waals surface area contributed by atoms with E-state index in [0.29, 0.717) is 38.5 Å². The fraction of sp³-hybridized carbons (Fsp3) is 0.632. The maximum atomic E-state index is 12.9. The van der Waals surface area contributed by atoms with Gasteiger partial charge in [-0.05, 0) is 51.0 Å². The molecule has 2 saturated heterocycles. The Balaban J connectivity index is 1.59. The first kappa shape index (κ1) is 20.1. The van der Waals surface area contributed by atoms with Crippen LogP contribution >= 0.6 is 0 Å². The molecular weight excluding hydrogens is 366 g/mol. The molecule has 1 amide bonds. The average Bonchev–Trinajstić information content (AvgIpc) is 3.22. The van der Waals surface area contributed by atoms with E-state index in [1.165, 1.54) is 4.31 Å². The summed E-state index contributed by atoms with van der Waals surface area (Å²) in [6.07, 6.45) is 2.15. The number of carbonyl (C=O) groups is 1. The molecule has 2 aliphatic rings. The van der Waals surface area contributed by atoms with E-state index in [4.69, 9.17) is 4.74 Å². The Morgan fingerprint density at radius 1 is 1.04 bits per heavy atom. The summed E-state index contributed by atoms with van der Waals surface area (Å²) in [7, 11) is -3.52. The van der Waals surface area contributed by atoms with Crippen molar-refractivity contribution in [3.8, 4) is 5.75 Å². The second-order valence-electron chi connectivity index (χ2n) is 7.05. The van der Waals surface area contributed by atoms with Gasteiger partial charge in [-0.2, -0.15) is 4.31 Å². The predicted molar refractivity (Wildman–Crippen MR) is 103 cm³/mol. The summed E-state index contributed by atoms with van der Waals surface area (Å²) in [6, 6.07) is 6.35. The smallest absolute Gasteiger partial charge is 0.243 e. The van der Waals surface area contributed by atoms with Gasteiger partial charge in [-0.1, -0.05) is 0 Å². The van der Waals surface area contributed by atoms with Crippen LogP contribution in [0.5, 0.6) is 5.75 Å². The fourth-order valence-corrected chi connectivity index (χ4v) is 5.13. The summed E-state index contributed by atoms with van der Waals surface area (Å²) in [6.45, 7) is 7.97. The number of hydrogen-bond acceptors (Lipinski definition) is 5. The Kier molecular flexibility index (Phi) is 6.39. The number of nitrogens with zero attached hydrogens (tertiary/aromatic N) is 3. The Morgan fingerprint density at radius 2 is 1.63 bits per heavy atom. The molecule has 150 valence electrons. The van der Waals surface area contributed by atoms with Gasteiger partial charge in [-0.3, -0.25) is 9.69 Å². The molecule has 0 bridgehead atoms. The average molecular weight is 396 g/mol. The molecule has 2 heterocycles. The number of likely N-dealkylation sites (tertiary alicyclic amines) is 1. The Morgan fingerprint density at radius 3 is 2.19 bits per heavy atom. The minimum absolute atomic E-state index is 0.162. The van der Waals surface area contributed by atoms with Gasteiger partial charge in [0.1, 0.15) is 5.75 Å². The van der Waals surface area contributed by atoms with Gasteiger partial charge in [0.05, 0.1) is 17.5 Å². The minimum atomic E-state index is -3.52. The molecular formula is C19H29N3O4S. The zero-order chi connectivity index (χ0) is 19.4. The van der Waals surface area contributed by atoms with Gasteiger partial charge < -0.3 is 9.64 Å². The van der Waals surface area contributed by atoms with Crippen LogP contribution in [0.4, 0.5) is 0 Å². The van der Waals surface area contributed by atoms with E-state index in [9.17, 15) is 13.2 Å². The van der Waals surface area contributed by atoms with E-state index in [2.05, 4.69) is 4.90 Å². The van der Waals surface area contributed by atoms with Crippen LogP contribution in [0, 0.1) is 0 Å². The summed E-state index contributed by atoms with van der Waals surface area (Å²) >= 11 is 0. The van der Waals surface area contributed by atoms with Crippen LogP contribution in [0.2, 0.25) is 0 Å². The van der Waals surface area contributed by atoms with Crippen molar-refractivity contribution >= 4 is 15.9 Å². The van der Waals surface area contributed by atoms with E-state index >= 15 is 0 Å². The van der Waals surface area contributed by atoms with Crippen molar-refractivity contribution in [3.63, 3.8) is 0 Å². The Hall–Kier alpha value is -1.64. The number of carbonyl (C=O) groups excluding carboxylic acids is 1. The summed E-state index contributed by atoms with van der Waals surface area (Å²) in [4.78, 5) is 16.9. The fourth-order valence-electron chi connectivity index (χ4n) is 3.71. The number of ether oxygens (including phenoxy) is 1. The third kappa shape index (κ3) is 4.44. The van der Waals surface area contributed by atoms with E-state index in [-0.39, 0.29) is 16.8 Å². The van der Waals surface area contributed by atoms with Gasteiger partial charge in [0.15, 0.2) is 0 Å². The van der Waals surface area contributed by atoms with Gasteiger partial charge in [-0.15, -0.1) is 0 Å². The highest BCUT2D eigenvalue weighted by atomic mass is 32.2. The summed E-state index contributed by atoms with van der Waals surface area (Å²) in [5.41, 5.74) is 0. The molecule has 1 aromatic rings. The lowest BCUT2D eigenvalue weighted by atomic mass is 10.2. The van der Waals surface area contributed by atoms with Crippen LogP contribution in [-0.2, 0) is 14.8 Å². The monoisotopic (exact) mass is 395 g/mol. The second kappa shape index (κ2) is 8.58. The number of amides is 1. The van der Waals surface area contributed by atoms with Gasteiger partial charge in [-0.25, -0.2) is 8.42 Å². The van der Waals surface area contributed by atoms with Crippen molar-refractivity contribution in [1.82, 2.24) is 14.1 Å². The van der Waals surface area contributed by atoms with Crippen LogP contribution in [0.15, 0.2) is 29.2 Å². The second-order valence-corrected chi connectivity index (χ2v) is 8.99. The van der Waals surface area contributed by atoms with Crippen LogP contribution in [0.3, 0.4) is 0 Å². The molecule has 27 heavy (non-hydrogen) atoms. The van der Waals surface area contributed by atoms with Crippen molar-refractivity contribution in [3.05, 3.63) is 24.3 Å². The third-order valence-electron chi connectivity index (χ3n) is 5.37. The van der Waals surface area contributed by atoms with Crippen molar-refractivity contribution in [2.45, 2.75) is 37.6 Å². The molecule has 1 atom stereocenters. The van der Waals surface area contributed by atoms with Crippen molar-refractivity contribution in [2.75, 3.05) is 45.9 Å². The first-order valence-electron chi connectivity index (χ1n) is 9.69. The highest BCUT2D eigenvalue weighted by molar-refractivity contribution is 7.89. The van der Waals surface area contributed by atoms with E-state index in [0.717, 1.165) is 25.9 Å². The molecule has 8 heteroatoms. The number of piperazine rings is 1. The highest BCUT2D eigenvalue weighted by Crippen LogP contribution is 2.22. The van der Waals surface area contributed by atoms with Gasteiger partial charge in [0.25, 0.3) is 0 Å². The molecule has 0 spiro atoms. The molecule has 0 aromatic heterocycles. The lowest BCUT2D eigenvalue weighted by Gasteiger charge is -2.37. The first-order chi connectivity index (χ1) is 12.9. The minimum Gasteiger partial charge on any atom is -0.494 e. The van der Waals surface area contributed by atoms with Crippen molar-refractivity contribution in [2.24, 2.45) is 0 Å². The molecule has 0 aliphatic carbocycles. The standard InChI is InChI=1S/C19H29N3O4S/c1-3-26-17-6-8-18(9-7-17)27(24,25)22-14-12-20(13-15-22)16(2)19(23)21-10-4-5-11-21/h6-9,16H,3-5,10-15H2,1-2H3/t16-/m1/s1. The first-order valence-corrected chi connectivity index (χ1v) is 11.1. The molecule has 2 fully saturated rings. The molecule has 3 rings (SSSR count). The molecule has 0 unspecified atom stereocenters. The molecule has 0 N–H and O–H groups in total. The maximum absolute atomic E-state index is 12.9. The number of rotatable bonds is 6. The predicted octanol–water partition coefficient (Wildman–Crippen LogP) is 1.40. The van der Waals surface area contributed by atoms with Gasteiger partial charge in [0, 0.05) is 39.3 Å². The van der Waals surface area contributed by atoms with E-state index < -0.39 is 10.0 Å². The molecule has 7 nitrogen and oxygen atoms in total. The third-order valence-corrected chi connectivity index (χ3v) is 7.28. The van der Waals surface area contributed by atoms with E-state index in [1.807, 2.05) is 18.7 Å². The maximum Gasteiger partial charge on any atom is 0.243 e. The quantitative estimate of drug-likeness (QED) is 0.728. The lowest BCUT2D eigenvalue weighted by Crippen LogP contribution is -2.55. The summed E-state index contributed by atoms with van der Waals surface area (Å²) in [5, 5.41) is 0. The number of sulfonamides is 1. The highest BCUT2D eigenvalue weighted by Gasteiger charge is 2.33. The summed E-state index contributed by atoms with van der Waals surface area (Å²) < 4.78 is 32.6. The van der Waals surface area contributed by atoms with Crippen molar-refractivity contribution in [1.29, 1.82) is 0 Å². The van der Waals surface area contributed by atoms with Crippen LogP contribution in [-0.4, -0.2) is 80.3 Å². The SMILES string of the molecule is CCOc1ccc(S(=O)(=O)N2CCN([C@H](C)C(=O)N3CCCC3)CC2)cc1. The van der Waals surface area contributed by atoms with Crippen LogP contribution in [0.25, 0.3) is 0 Å². The topological polar surface area (TPSA) is 70.2 Å². The Labute approximate surface area is 161 Å². The number of hydrogen-bond donors (Lipinski definition) is 0. The molecule has 0 radical (unpaired) electrons. The van der Waals surface area contributed by atoms with E-state index in [1.54, 1.807) is 24.3 Å². The van der Waals surface area contributed by atoms with Gasteiger partial charge >= 0.3 is 0 Å². The van der Waals surface area contributed by atoms with Crippen LogP contribution < -0.4 is 4.74 Å². The van der Waals surface area contributed by atoms with Crippen LogP contribution in [0.1, 0.15) is 26.7 Å². The molecule has 0 saturated carbocycles. The van der Waals surface area contributed by atoms with Gasteiger partial charge in [0.2, 0.25) is 15.9 Å². The lowest BCUT2D eigenvalue weighted by molar-refractivity contribution is -0.135. The Bertz CT molecular complexity index is 737. The zero-order valence-corrected chi connectivity index (χ0v) is 17.0. The molecule has 2 aliphatic heterocycles. The molecule has 1 aromatic carbocycles. The number of benzene rings is 1. The van der Waals surface area contributed by atoms with Crippen molar-refractivity contribution < 1.29 is 17.9 Å².